The Balaban J connectivity index is 1.65. The molecule has 0 saturated carbocycles. The van der Waals surface area contributed by atoms with E-state index in [1.807, 2.05) is 6.07 Å². The number of aromatic amines is 1. The van der Waals surface area contributed by atoms with Crippen LogP contribution in [0.25, 0.3) is 10.9 Å². The molecule has 25 heavy (non-hydrogen) atoms. The fourth-order valence-corrected chi connectivity index (χ4v) is 3.25. The highest BCUT2D eigenvalue weighted by Crippen LogP contribution is 2.21. The summed E-state index contributed by atoms with van der Waals surface area (Å²) in [6.45, 7) is 2.26. The molecule has 0 saturated heterocycles. The number of fused-ring (bicyclic) bond motifs is 1. The molecule has 0 spiro atoms. The fourth-order valence-electron chi connectivity index (χ4n) is 2.33. The van der Waals surface area contributed by atoms with Crippen LogP contribution in [-0.2, 0) is 11.2 Å². The standard InChI is InChI=1S/C16H17N5O3S/c1-10(15(23)21(2)8-7-13-17-9-24-20-13)25-16-18-12-6-4-3-5-11(12)14(22)19-16/h3-6,9-10H,7-8H2,1-2H3,(H,18,19,22)/t10-/m0/s1. The van der Waals surface area contributed by atoms with Gasteiger partial charge in [-0.05, 0) is 19.1 Å². The minimum Gasteiger partial charge on any atom is -0.344 e. The zero-order chi connectivity index (χ0) is 17.8. The number of nitrogens with one attached hydrogen (secondary N) is 1. The zero-order valence-electron chi connectivity index (χ0n) is 13.8. The third kappa shape index (κ3) is 4.05. The highest BCUT2D eigenvalue weighted by atomic mass is 32.2. The van der Waals surface area contributed by atoms with Gasteiger partial charge in [-0.15, -0.1) is 0 Å². The second kappa shape index (κ2) is 7.47. The smallest absolute Gasteiger partial charge is 0.259 e. The van der Waals surface area contributed by atoms with Gasteiger partial charge in [-0.1, -0.05) is 29.1 Å². The first-order valence-corrected chi connectivity index (χ1v) is 8.58. The van der Waals surface area contributed by atoms with Gasteiger partial charge in [0.25, 0.3) is 5.56 Å². The lowest BCUT2D eigenvalue weighted by atomic mass is 10.2. The molecule has 1 atom stereocenters. The van der Waals surface area contributed by atoms with Crippen LogP contribution in [0, 0.1) is 0 Å². The van der Waals surface area contributed by atoms with E-state index in [2.05, 4.69) is 24.6 Å². The summed E-state index contributed by atoms with van der Waals surface area (Å²) in [7, 11) is 1.72. The van der Waals surface area contributed by atoms with Crippen molar-refractivity contribution in [1.29, 1.82) is 0 Å². The largest absolute Gasteiger partial charge is 0.344 e. The van der Waals surface area contributed by atoms with E-state index in [1.54, 1.807) is 37.1 Å². The molecule has 0 radical (unpaired) electrons. The lowest BCUT2D eigenvalue weighted by Crippen LogP contribution is -2.35. The Labute approximate surface area is 147 Å². The summed E-state index contributed by atoms with van der Waals surface area (Å²) in [6, 6.07) is 7.11. The van der Waals surface area contributed by atoms with Crippen LogP contribution in [-0.4, -0.2) is 49.8 Å². The van der Waals surface area contributed by atoms with Crippen molar-refractivity contribution >= 4 is 28.6 Å². The van der Waals surface area contributed by atoms with Gasteiger partial charge >= 0.3 is 0 Å². The lowest BCUT2D eigenvalue weighted by Gasteiger charge is -2.20. The Kier molecular flexibility index (Phi) is 5.13. The Bertz CT molecular complexity index is 925. The van der Waals surface area contributed by atoms with Gasteiger partial charge < -0.3 is 14.4 Å². The van der Waals surface area contributed by atoms with Crippen LogP contribution in [0.1, 0.15) is 12.7 Å². The molecule has 8 nitrogen and oxygen atoms in total. The number of aromatic nitrogens is 4. The quantitative estimate of drug-likeness (QED) is 0.525. The monoisotopic (exact) mass is 359 g/mol. The lowest BCUT2D eigenvalue weighted by molar-refractivity contribution is -0.129. The van der Waals surface area contributed by atoms with Crippen LogP contribution in [0.15, 0.2) is 45.1 Å². The van der Waals surface area contributed by atoms with Gasteiger partial charge in [0, 0.05) is 20.0 Å². The van der Waals surface area contributed by atoms with Crippen molar-refractivity contribution in [3.63, 3.8) is 0 Å². The number of likely N-dealkylation sites (N-methyl/N-ethyl adjacent to an activating group) is 1. The van der Waals surface area contributed by atoms with E-state index in [9.17, 15) is 9.59 Å². The Morgan fingerprint density at radius 2 is 2.20 bits per heavy atom. The van der Waals surface area contributed by atoms with Crippen LogP contribution < -0.4 is 5.56 Å². The highest BCUT2D eigenvalue weighted by molar-refractivity contribution is 8.00. The molecule has 0 aliphatic heterocycles. The van der Waals surface area contributed by atoms with Crippen molar-refractivity contribution in [2.24, 2.45) is 0 Å². The van der Waals surface area contributed by atoms with E-state index in [0.717, 1.165) is 0 Å². The van der Waals surface area contributed by atoms with Gasteiger partial charge in [-0.2, -0.15) is 4.98 Å². The third-order valence-electron chi connectivity index (χ3n) is 3.68. The van der Waals surface area contributed by atoms with E-state index in [0.29, 0.717) is 34.8 Å². The third-order valence-corrected chi connectivity index (χ3v) is 4.65. The van der Waals surface area contributed by atoms with E-state index >= 15 is 0 Å². The molecule has 2 aromatic heterocycles. The van der Waals surface area contributed by atoms with Crippen molar-refractivity contribution in [1.82, 2.24) is 25.0 Å². The minimum absolute atomic E-state index is 0.0655. The van der Waals surface area contributed by atoms with Gasteiger partial charge in [0.2, 0.25) is 12.3 Å². The molecule has 0 fully saturated rings. The number of H-pyrrole nitrogens is 1. The average molecular weight is 359 g/mol. The summed E-state index contributed by atoms with van der Waals surface area (Å²) in [6.07, 6.45) is 1.78. The average Bonchev–Trinajstić information content (AvgIpc) is 3.12. The second-order valence-electron chi connectivity index (χ2n) is 5.51. The van der Waals surface area contributed by atoms with Gasteiger partial charge in [0.05, 0.1) is 16.2 Å². The van der Waals surface area contributed by atoms with Crippen molar-refractivity contribution in [3.8, 4) is 0 Å². The Morgan fingerprint density at radius 1 is 1.40 bits per heavy atom. The number of benzene rings is 1. The van der Waals surface area contributed by atoms with Crippen LogP contribution in [0.3, 0.4) is 0 Å². The van der Waals surface area contributed by atoms with Gasteiger partial charge in [-0.3, -0.25) is 9.59 Å². The van der Waals surface area contributed by atoms with Crippen molar-refractivity contribution in [2.75, 3.05) is 13.6 Å². The van der Waals surface area contributed by atoms with E-state index in [-0.39, 0.29) is 16.7 Å². The molecule has 1 aromatic carbocycles. The SMILES string of the molecule is C[C@H](Sc1nc2ccccc2c(=O)[nH]1)C(=O)N(C)CCc1ncon1. The fraction of sp³-hybridized carbons (Fsp3) is 0.312. The Morgan fingerprint density at radius 3 is 2.96 bits per heavy atom. The maximum absolute atomic E-state index is 12.5. The molecule has 3 aromatic rings. The zero-order valence-corrected chi connectivity index (χ0v) is 14.6. The summed E-state index contributed by atoms with van der Waals surface area (Å²) in [5.41, 5.74) is 0.400. The second-order valence-corrected chi connectivity index (χ2v) is 6.84. The van der Waals surface area contributed by atoms with E-state index in [4.69, 9.17) is 0 Å². The predicted molar refractivity (Wildman–Crippen MR) is 93.3 cm³/mol. The first-order chi connectivity index (χ1) is 12.0. The normalized spacial score (nSPS) is 12.2. The minimum atomic E-state index is -0.389. The summed E-state index contributed by atoms with van der Waals surface area (Å²) in [5, 5.41) is 4.29. The Hall–Kier alpha value is -2.68. The number of rotatable bonds is 6. The molecule has 0 aliphatic rings. The molecular formula is C16H17N5O3S. The summed E-state index contributed by atoms with van der Waals surface area (Å²) >= 11 is 1.22. The molecule has 1 amide bonds. The first-order valence-electron chi connectivity index (χ1n) is 7.70. The van der Waals surface area contributed by atoms with Gasteiger partial charge in [0.15, 0.2) is 11.0 Å². The molecule has 1 N–H and O–H groups in total. The molecule has 0 aliphatic carbocycles. The van der Waals surface area contributed by atoms with Crippen LogP contribution >= 0.6 is 11.8 Å². The number of hydrogen-bond donors (Lipinski definition) is 1. The van der Waals surface area contributed by atoms with E-state index < -0.39 is 0 Å². The number of carbonyl (C=O) groups is 1. The number of para-hydroxylation sites is 1. The molecular weight excluding hydrogens is 342 g/mol. The van der Waals surface area contributed by atoms with Crippen molar-refractivity contribution in [3.05, 3.63) is 46.8 Å². The van der Waals surface area contributed by atoms with E-state index in [1.165, 1.54) is 18.2 Å². The molecule has 9 heteroatoms. The topological polar surface area (TPSA) is 105 Å². The van der Waals surface area contributed by atoms with Crippen LogP contribution in [0.5, 0.6) is 0 Å². The summed E-state index contributed by atoms with van der Waals surface area (Å²) in [4.78, 5) is 37.2. The first kappa shape index (κ1) is 17.2. The summed E-state index contributed by atoms with van der Waals surface area (Å²) < 4.78 is 4.67. The number of nitrogens with zero attached hydrogens (tertiary/aromatic N) is 4. The van der Waals surface area contributed by atoms with Gasteiger partial charge in [-0.25, -0.2) is 4.98 Å². The van der Waals surface area contributed by atoms with Crippen molar-refractivity contribution < 1.29 is 9.32 Å². The van der Waals surface area contributed by atoms with Crippen LogP contribution in [0.4, 0.5) is 0 Å². The van der Waals surface area contributed by atoms with Crippen LogP contribution in [0.2, 0.25) is 0 Å². The van der Waals surface area contributed by atoms with Gasteiger partial charge in [0.1, 0.15) is 0 Å². The molecule has 130 valence electrons. The molecule has 2 heterocycles. The molecule has 3 rings (SSSR count). The van der Waals surface area contributed by atoms with Crippen molar-refractivity contribution in [2.45, 2.75) is 23.8 Å². The predicted octanol–water partition coefficient (Wildman–Crippen LogP) is 1.49. The number of hydrogen-bond acceptors (Lipinski definition) is 7. The summed E-state index contributed by atoms with van der Waals surface area (Å²) in [5.74, 6) is 0.491. The molecule has 0 bridgehead atoms. The molecule has 0 unspecified atom stereocenters. The number of amides is 1. The highest BCUT2D eigenvalue weighted by Gasteiger charge is 2.20. The number of thioether (sulfide) groups is 1. The maximum Gasteiger partial charge on any atom is 0.259 e. The number of carbonyl (C=O) groups excluding carboxylic acids is 1. The maximum atomic E-state index is 12.5.